The molecule has 0 fully saturated rings. The Morgan fingerprint density at radius 1 is 1.38 bits per heavy atom. The summed E-state index contributed by atoms with van der Waals surface area (Å²) < 4.78 is 18.1. The van der Waals surface area contributed by atoms with E-state index in [4.69, 9.17) is 27.9 Å². The highest BCUT2D eigenvalue weighted by molar-refractivity contribution is 6.32. The van der Waals surface area contributed by atoms with E-state index in [-0.39, 0.29) is 23.3 Å². The Hall–Kier alpha value is -1.85. The topological polar surface area (TPSA) is 51.2 Å². The first-order chi connectivity index (χ1) is 9.95. The lowest BCUT2D eigenvalue weighted by molar-refractivity contribution is -0.118. The molecule has 1 heterocycles. The zero-order valence-electron chi connectivity index (χ0n) is 11.0. The Morgan fingerprint density at radius 2 is 2.14 bits per heavy atom. The summed E-state index contributed by atoms with van der Waals surface area (Å²) in [5.74, 6) is -0.624. The lowest BCUT2D eigenvalue weighted by Crippen LogP contribution is -2.20. The van der Waals surface area contributed by atoms with E-state index in [9.17, 15) is 9.18 Å². The molecule has 4 nitrogen and oxygen atoms in total. The quantitative estimate of drug-likeness (QED) is 0.867. The summed E-state index contributed by atoms with van der Waals surface area (Å²) in [4.78, 5) is 15.7. The first-order valence-corrected chi connectivity index (χ1v) is 6.71. The minimum absolute atomic E-state index is 0.104. The maximum absolute atomic E-state index is 12.9. The zero-order chi connectivity index (χ0) is 15.4. The molecule has 0 spiro atoms. The van der Waals surface area contributed by atoms with E-state index < -0.39 is 5.82 Å². The maximum Gasteiger partial charge on any atom is 0.262 e. The predicted octanol–water partition coefficient (Wildman–Crippen LogP) is 3.85. The SMILES string of the molecule is Cc1cc(Cl)ncc1NC(=O)COc1ccc(F)cc1Cl. The molecule has 0 radical (unpaired) electrons. The van der Waals surface area contributed by atoms with Gasteiger partial charge >= 0.3 is 0 Å². The van der Waals surface area contributed by atoms with Crippen molar-refractivity contribution in [1.29, 1.82) is 0 Å². The minimum Gasteiger partial charge on any atom is -0.482 e. The van der Waals surface area contributed by atoms with E-state index in [1.807, 2.05) is 0 Å². The summed E-state index contributed by atoms with van der Waals surface area (Å²) in [6.07, 6.45) is 1.46. The molecule has 0 atom stereocenters. The Labute approximate surface area is 130 Å². The van der Waals surface area contributed by atoms with Crippen LogP contribution in [-0.4, -0.2) is 17.5 Å². The number of aromatic nitrogens is 1. The first-order valence-electron chi connectivity index (χ1n) is 5.95. The van der Waals surface area contributed by atoms with Crippen LogP contribution < -0.4 is 10.1 Å². The Bertz CT molecular complexity index is 680. The number of amides is 1. The Balaban J connectivity index is 1.96. The molecule has 1 N–H and O–H groups in total. The van der Waals surface area contributed by atoms with Crippen molar-refractivity contribution < 1.29 is 13.9 Å². The van der Waals surface area contributed by atoms with Crippen LogP contribution in [0.15, 0.2) is 30.5 Å². The van der Waals surface area contributed by atoms with Gasteiger partial charge in [-0.25, -0.2) is 9.37 Å². The number of halogens is 3. The Morgan fingerprint density at radius 3 is 2.81 bits per heavy atom. The molecule has 0 aliphatic heterocycles. The summed E-state index contributed by atoms with van der Waals surface area (Å²) in [6, 6.07) is 5.31. The second kappa shape index (κ2) is 6.74. The fraction of sp³-hybridized carbons (Fsp3) is 0.143. The largest absolute Gasteiger partial charge is 0.482 e. The summed E-state index contributed by atoms with van der Waals surface area (Å²) in [5, 5.41) is 3.09. The molecule has 0 bridgehead atoms. The summed E-state index contributed by atoms with van der Waals surface area (Å²) in [6.45, 7) is 1.54. The number of hydrogen-bond donors (Lipinski definition) is 1. The monoisotopic (exact) mass is 328 g/mol. The molecular weight excluding hydrogens is 318 g/mol. The van der Waals surface area contributed by atoms with Gasteiger partial charge in [0.1, 0.15) is 16.7 Å². The third-order valence-electron chi connectivity index (χ3n) is 2.60. The molecule has 21 heavy (non-hydrogen) atoms. The van der Waals surface area contributed by atoms with Crippen molar-refractivity contribution in [1.82, 2.24) is 4.98 Å². The van der Waals surface area contributed by atoms with Crippen molar-refractivity contribution in [3.8, 4) is 5.75 Å². The van der Waals surface area contributed by atoms with Crippen molar-refractivity contribution >= 4 is 34.8 Å². The number of ether oxygens (including phenoxy) is 1. The average molecular weight is 329 g/mol. The van der Waals surface area contributed by atoms with E-state index in [1.54, 1.807) is 13.0 Å². The van der Waals surface area contributed by atoms with Gasteiger partial charge in [0.25, 0.3) is 5.91 Å². The Kier molecular flexibility index (Phi) is 4.98. The summed E-state index contributed by atoms with van der Waals surface area (Å²) in [5.41, 5.74) is 1.32. The number of hydrogen-bond acceptors (Lipinski definition) is 3. The summed E-state index contributed by atoms with van der Waals surface area (Å²) >= 11 is 11.5. The number of rotatable bonds is 4. The van der Waals surface area contributed by atoms with Crippen LogP contribution in [0.1, 0.15) is 5.56 Å². The van der Waals surface area contributed by atoms with Crippen LogP contribution in [0.5, 0.6) is 5.75 Å². The van der Waals surface area contributed by atoms with Crippen LogP contribution in [0.2, 0.25) is 10.2 Å². The van der Waals surface area contributed by atoms with Gasteiger partial charge in [-0.3, -0.25) is 4.79 Å². The van der Waals surface area contributed by atoms with Crippen LogP contribution in [0.25, 0.3) is 0 Å². The van der Waals surface area contributed by atoms with Crippen molar-refractivity contribution in [2.75, 3.05) is 11.9 Å². The standard InChI is InChI=1S/C14H11Cl2FN2O2/c1-8-4-13(16)18-6-11(8)19-14(20)7-21-12-3-2-9(17)5-10(12)15/h2-6H,7H2,1H3,(H,19,20). The van der Waals surface area contributed by atoms with Gasteiger partial charge in [-0.05, 0) is 36.8 Å². The molecule has 0 saturated carbocycles. The molecule has 2 rings (SSSR count). The van der Waals surface area contributed by atoms with Crippen LogP contribution in [-0.2, 0) is 4.79 Å². The van der Waals surface area contributed by atoms with E-state index in [0.29, 0.717) is 10.8 Å². The summed E-state index contributed by atoms with van der Waals surface area (Å²) in [7, 11) is 0. The molecular formula is C14H11Cl2FN2O2. The van der Waals surface area contributed by atoms with E-state index in [2.05, 4.69) is 10.3 Å². The molecule has 0 saturated heterocycles. The number of carbonyl (C=O) groups excluding carboxylic acids is 1. The molecule has 1 aromatic carbocycles. The molecule has 110 valence electrons. The molecule has 1 amide bonds. The average Bonchev–Trinajstić information content (AvgIpc) is 2.41. The number of aryl methyl sites for hydroxylation is 1. The fourth-order valence-electron chi connectivity index (χ4n) is 1.57. The highest BCUT2D eigenvalue weighted by atomic mass is 35.5. The lowest BCUT2D eigenvalue weighted by atomic mass is 10.2. The van der Waals surface area contributed by atoms with Gasteiger partial charge in [0.2, 0.25) is 0 Å². The van der Waals surface area contributed by atoms with Crippen molar-refractivity contribution in [2.45, 2.75) is 6.92 Å². The van der Waals surface area contributed by atoms with Crippen molar-refractivity contribution in [3.05, 3.63) is 52.0 Å². The van der Waals surface area contributed by atoms with Crippen LogP contribution >= 0.6 is 23.2 Å². The number of nitrogens with one attached hydrogen (secondary N) is 1. The van der Waals surface area contributed by atoms with Crippen LogP contribution in [0.3, 0.4) is 0 Å². The molecule has 1 aromatic heterocycles. The minimum atomic E-state index is -0.473. The highest BCUT2D eigenvalue weighted by Crippen LogP contribution is 2.24. The molecule has 0 aliphatic rings. The second-order valence-electron chi connectivity index (χ2n) is 4.23. The zero-order valence-corrected chi connectivity index (χ0v) is 12.5. The first kappa shape index (κ1) is 15.5. The van der Waals surface area contributed by atoms with E-state index in [0.717, 1.165) is 11.6 Å². The highest BCUT2D eigenvalue weighted by Gasteiger charge is 2.09. The molecule has 0 unspecified atom stereocenters. The molecule has 0 aliphatic carbocycles. The number of pyridine rings is 1. The van der Waals surface area contributed by atoms with Gasteiger partial charge in [0.05, 0.1) is 16.9 Å². The van der Waals surface area contributed by atoms with Crippen LogP contribution in [0, 0.1) is 12.7 Å². The third kappa shape index (κ3) is 4.31. The number of carbonyl (C=O) groups is 1. The van der Waals surface area contributed by atoms with Gasteiger partial charge in [0.15, 0.2) is 6.61 Å². The van der Waals surface area contributed by atoms with Gasteiger partial charge in [0, 0.05) is 0 Å². The molecule has 2 aromatic rings. The van der Waals surface area contributed by atoms with Gasteiger partial charge in [-0.1, -0.05) is 23.2 Å². The van der Waals surface area contributed by atoms with E-state index in [1.165, 1.54) is 18.3 Å². The maximum atomic E-state index is 12.9. The second-order valence-corrected chi connectivity index (χ2v) is 5.03. The number of nitrogens with zero attached hydrogens (tertiary/aromatic N) is 1. The van der Waals surface area contributed by atoms with Crippen LogP contribution in [0.4, 0.5) is 10.1 Å². The number of anilines is 1. The van der Waals surface area contributed by atoms with Crippen molar-refractivity contribution in [3.63, 3.8) is 0 Å². The van der Waals surface area contributed by atoms with Gasteiger partial charge < -0.3 is 10.1 Å². The van der Waals surface area contributed by atoms with Gasteiger partial charge in [-0.15, -0.1) is 0 Å². The smallest absolute Gasteiger partial charge is 0.262 e. The van der Waals surface area contributed by atoms with Gasteiger partial charge in [-0.2, -0.15) is 0 Å². The normalized spacial score (nSPS) is 10.3. The lowest BCUT2D eigenvalue weighted by Gasteiger charge is -2.10. The van der Waals surface area contributed by atoms with E-state index >= 15 is 0 Å². The fourth-order valence-corrected chi connectivity index (χ4v) is 2.01. The predicted molar refractivity (Wildman–Crippen MR) is 79.5 cm³/mol. The number of benzene rings is 1. The van der Waals surface area contributed by atoms with Crippen molar-refractivity contribution in [2.24, 2.45) is 0 Å². The molecule has 7 heteroatoms. The third-order valence-corrected chi connectivity index (χ3v) is 3.11.